The summed E-state index contributed by atoms with van der Waals surface area (Å²) in [4.78, 5) is 10.7. The Balaban J connectivity index is 2.20. The molecule has 2 rings (SSSR count). The zero-order valence-corrected chi connectivity index (χ0v) is 13.1. The molecule has 0 atom stereocenters. The summed E-state index contributed by atoms with van der Waals surface area (Å²) in [7, 11) is -0.396. The van der Waals surface area contributed by atoms with Crippen molar-refractivity contribution in [2.75, 3.05) is 0 Å². The Morgan fingerprint density at radius 1 is 1.10 bits per heavy atom. The monoisotopic (exact) mass is 288 g/mol. The molecule has 1 N–H and O–H groups in total. The van der Waals surface area contributed by atoms with E-state index in [-0.39, 0.29) is 11.2 Å². The van der Waals surface area contributed by atoms with Crippen molar-refractivity contribution in [1.82, 2.24) is 0 Å². The average molecular weight is 288 g/mol. The first kappa shape index (κ1) is 15.8. The molecule has 0 bridgehead atoms. The van der Waals surface area contributed by atoms with Crippen LogP contribution in [0.4, 0.5) is 0 Å². The summed E-state index contributed by atoms with van der Waals surface area (Å²) in [5, 5.41) is 8.77. The van der Waals surface area contributed by atoms with E-state index >= 15 is 0 Å². The minimum absolute atomic E-state index is 0.366. The second-order valence-electron chi connectivity index (χ2n) is 6.38. The fourth-order valence-electron chi connectivity index (χ4n) is 2.15. The second-order valence-corrected chi connectivity index (χ2v) is 6.38. The van der Waals surface area contributed by atoms with Crippen LogP contribution in [0.25, 0.3) is 5.57 Å². The fraction of sp³-hybridized carbons (Fsp3) is 0.438. The highest BCUT2D eigenvalue weighted by molar-refractivity contribution is 6.62. The zero-order chi connectivity index (χ0) is 15.8. The molecule has 1 aromatic carbocycles. The van der Waals surface area contributed by atoms with Gasteiger partial charge in [0.1, 0.15) is 0 Å². The number of rotatable bonds is 3. The molecule has 0 aromatic heterocycles. The van der Waals surface area contributed by atoms with Crippen molar-refractivity contribution in [3.8, 4) is 0 Å². The van der Waals surface area contributed by atoms with Crippen molar-refractivity contribution in [3.05, 3.63) is 35.9 Å². The molecule has 112 valence electrons. The highest BCUT2D eigenvalue weighted by Gasteiger charge is 2.51. The van der Waals surface area contributed by atoms with Crippen LogP contribution in [-0.4, -0.2) is 29.4 Å². The van der Waals surface area contributed by atoms with E-state index in [0.717, 1.165) is 11.0 Å². The Morgan fingerprint density at radius 3 is 2.00 bits per heavy atom. The lowest BCUT2D eigenvalue weighted by Gasteiger charge is -2.32. The lowest BCUT2D eigenvalue weighted by Crippen LogP contribution is -2.41. The van der Waals surface area contributed by atoms with Crippen LogP contribution < -0.4 is 5.46 Å². The van der Waals surface area contributed by atoms with Crippen molar-refractivity contribution < 1.29 is 19.2 Å². The Morgan fingerprint density at radius 2 is 1.57 bits per heavy atom. The van der Waals surface area contributed by atoms with Crippen LogP contribution in [0.3, 0.4) is 0 Å². The molecule has 1 fully saturated rings. The van der Waals surface area contributed by atoms with E-state index in [9.17, 15) is 4.79 Å². The Labute approximate surface area is 125 Å². The number of allylic oxidation sites excluding steroid dienone is 1. The Kier molecular flexibility index (Phi) is 4.00. The van der Waals surface area contributed by atoms with Gasteiger partial charge in [-0.05, 0) is 51.2 Å². The smallest absolute Gasteiger partial charge is 0.478 e. The number of carbonyl (C=O) groups is 1. The van der Waals surface area contributed by atoms with Gasteiger partial charge in [0.15, 0.2) is 0 Å². The maximum atomic E-state index is 10.7. The molecule has 1 aliphatic heterocycles. The van der Waals surface area contributed by atoms with Crippen LogP contribution in [0.5, 0.6) is 0 Å². The Bertz CT molecular complexity index is 556. The topological polar surface area (TPSA) is 55.8 Å². The molecule has 21 heavy (non-hydrogen) atoms. The molecular formula is C16H21BO4. The van der Waals surface area contributed by atoms with Gasteiger partial charge in [0.25, 0.3) is 0 Å². The van der Waals surface area contributed by atoms with Crippen LogP contribution in [0, 0.1) is 0 Å². The number of aliphatic carboxylic acids is 1. The molecule has 0 unspecified atom stereocenters. The van der Waals surface area contributed by atoms with Gasteiger partial charge < -0.3 is 14.4 Å². The van der Waals surface area contributed by atoms with E-state index < -0.39 is 13.1 Å². The largest absolute Gasteiger partial charge is 0.494 e. The van der Waals surface area contributed by atoms with Gasteiger partial charge >= 0.3 is 13.1 Å². The number of hydrogen-bond acceptors (Lipinski definition) is 3. The van der Waals surface area contributed by atoms with Crippen LogP contribution in [0.15, 0.2) is 30.3 Å². The lowest BCUT2D eigenvalue weighted by atomic mass is 9.78. The predicted molar refractivity (Wildman–Crippen MR) is 83.4 cm³/mol. The molecule has 0 amide bonds. The maximum Gasteiger partial charge on any atom is 0.494 e. The summed E-state index contributed by atoms with van der Waals surface area (Å²) in [5.41, 5.74) is 1.78. The van der Waals surface area contributed by atoms with E-state index in [1.807, 2.05) is 52.0 Å². The van der Waals surface area contributed by atoms with E-state index in [4.69, 9.17) is 14.4 Å². The van der Waals surface area contributed by atoms with E-state index in [1.165, 1.54) is 6.08 Å². The number of benzene rings is 1. The summed E-state index contributed by atoms with van der Waals surface area (Å²) in [6.45, 7) is 9.84. The van der Waals surface area contributed by atoms with Crippen molar-refractivity contribution in [1.29, 1.82) is 0 Å². The first-order valence-electron chi connectivity index (χ1n) is 6.99. The van der Waals surface area contributed by atoms with Gasteiger partial charge in [-0.1, -0.05) is 24.3 Å². The van der Waals surface area contributed by atoms with E-state index in [0.29, 0.717) is 5.57 Å². The standard InChI is InChI=1S/C16H21BO4/c1-11(10-14(18)19)12-6-8-13(9-7-12)17-20-15(2,3)16(4,5)21-17/h6-10H,1-5H3,(H,18,19). The Hall–Kier alpha value is -1.59. The van der Waals surface area contributed by atoms with Gasteiger partial charge in [-0.2, -0.15) is 0 Å². The molecule has 4 nitrogen and oxygen atoms in total. The van der Waals surface area contributed by atoms with E-state index in [2.05, 4.69) is 0 Å². The number of hydrogen-bond donors (Lipinski definition) is 1. The molecule has 1 saturated heterocycles. The molecule has 1 aromatic rings. The molecule has 0 radical (unpaired) electrons. The maximum absolute atomic E-state index is 10.7. The molecule has 1 aliphatic rings. The zero-order valence-electron chi connectivity index (χ0n) is 13.1. The lowest BCUT2D eigenvalue weighted by molar-refractivity contribution is -0.131. The van der Waals surface area contributed by atoms with Gasteiger partial charge in [0, 0.05) is 6.08 Å². The third-order valence-corrected chi connectivity index (χ3v) is 4.23. The third kappa shape index (κ3) is 3.19. The minimum atomic E-state index is -0.942. The summed E-state index contributed by atoms with van der Waals surface area (Å²) < 4.78 is 12.0. The fourth-order valence-corrected chi connectivity index (χ4v) is 2.15. The molecule has 0 spiro atoms. The van der Waals surface area contributed by atoms with Crippen LogP contribution in [0.2, 0.25) is 0 Å². The van der Waals surface area contributed by atoms with Gasteiger partial charge in [0.05, 0.1) is 11.2 Å². The summed E-state index contributed by atoms with van der Waals surface area (Å²) in [6, 6.07) is 7.59. The average Bonchev–Trinajstić information content (AvgIpc) is 2.58. The van der Waals surface area contributed by atoms with Gasteiger partial charge in [-0.15, -0.1) is 0 Å². The first-order valence-corrected chi connectivity index (χ1v) is 6.99. The highest BCUT2D eigenvalue weighted by Crippen LogP contribution is 2.36. The summed E-state index contributed by atoms with van der Waals surface area (Å²) in [5.74, 6) is -0.942. The van der Waals surface area contributed by atoms with Crippen molar-refractivity contribution in [2.24, 2.45) is 0 Å². The van der Waals surface area contributed by atoms with E-state index in [1.54, 1.807) is 6.92 Å². The second kappa shape index (κ2) is 5.32. The molecule has 5 heteroatoms. The summed E-state index contributed by atoms with van der Waals surface area (Å²) >= 11 is 0. The van der Waals surface area contributed by atoms with Crippen molar-refractivity contribution in [3.63, 3.8) is 0 Å². The molecule has 0 saturated carbocycles. The third-order valence-electron chi connectivity index (χ3n) is 4.23. The van der Waals surface area contributed by atoms with Crippen LogP contribution >= 0.6 is 0 Å². The highest BCUT2D eigenvalue weighted by atomic mass is 16.7. The number of carboxylic acids is 1. The molecular weight excluding hydrogens is 267 g/mol. The summed E-state index contributed by atoms with van der Waals surface area (Å²) in [6.07, 6.45) is 1.20. The normalized spacial score (nSPS) is 20.6. The molecule has 0 aliphatic carbocycles. The van der Waals surface area contributed by atoms with Crippen LogP contribution in [0.1, 0.15) is 40.2 Å². The first-order chi connectivity index (χ1) is 9.62. The number of carboxylic acid groups (broad SMARTS) is 1. The minimum Gasteiger partial charge on any atom is -0.478 e. The molecule has 1 heterocycles. The van der Waals surface area contributed by atoms with Crippen LogP contribution in [-0.2, 0) is 14.1 Å². The van der Waals surface area contributed by atoms with Gasteiger partial charge in [0.2, 0.25) is 0 Å². The van der Waals surface area contributed by atoms with Gasteiger partial charge in [-0.25, -0.2) is 4.79 Å². The van der Waals surface area contributed by atoms with Gasteiger partial charge in [-0.3, -0.25) is 0 Å². The SMILES string of the molecule is CC(=CC(=O)O)c1ccc(B2OC(C)(C)C(C)(C)O2)cc1. The van der Waals surface area contributed by atoms with Crippen molar-refractivity contribution >= 4 is 24.1 Å². The van der Waals surface area contributed by atoms with Crippen molar-refractivity contribution in [2.45, 2.75) is 45.8 Å². The predicted octanol–water partition coefficient (Wildman–Crippen LogP) is 2.47. The quantitative estimate of drug-likeness (QED) is 0.685.